The molecule has 146 valence electrons. The molecule has 0 aliphatic rings. The van der Waals surface area contributed by atoms with Gasteiger partial charge in [0.2, 0.25) is 0 Å². The molecule has 0 radical (unpaired) electrons. The lowest BCUT2D eigenvalue weighted by Crippen LogP contribution is -2.10. The number of carbonyl (C=O) groups is 2. The van der Waals surface area contributed by atoms with Crippen molar-refractivity contribution in [2.75, 3.05) is 13.7 Å². The number of esters is 1. The Bertz CT molecular complexity index is 759. The molecule has 0 atom stereocenters. The normalized spacial score (nSPS) is 13.0. The van der Waals surface area contributed by atoms with Crippen molar-refractivity contribution in [2.24, 2.45) is 0 Å². The van der Waals surface area contributed by atoms with Crippen LogP contribution < -0.4 is 4.74 Å². The Balaban J connectivity index is 3.16. The number of benzene rings is 1. The van der Waals surface area contributed by atoms with Crippen molar-refractivity contribution in [3.63, 3.8) is 0 Å². The number of alkyl halides is 3. The molecule has 7 heteroatoms. The Labute approximate surface area is 156 Å². The maximum atomic E-state index is 13.0. The Morgan fingerprint density at radius 2 is 1.96 bits per heavy atom. The van der Waals surface area contributed by atoms with Crippen LogP contribution in [0.4, 0.5) is 13.2 Å². The topological polar surface area (TPSA) is 52.6 Å². The van der Waals surface area contributed by atoms with Crippen molar-refractivity contribution < 1.29 is 32.2 Å². The third-order valence-corrected chi connectivity index (χ3v) is 3.40. The van der Waals surface area contributed by atoms with Crippen LogP contribution in [0.25, 0.3) is 6.08 Å². The minimum atomic E-state index is -4.59. The van der Waals surface area contributed by atoms with Crippen molar-refractivity contribution in [1.82, 2.24) is 0 Å². The number of hydrogen-bond donors (Lipinski definition) is 0. The summed E-state index contributed by atoms with van der Waals surface area (Å²) >= 11 is 0. The molecule has 0 fully saturated rings. The number of rotatable bonds is 8. The van der Waals surface area contributed by atoms with Crippen molar-refractivity contribution >= 4 is 18.3 Å². The highest BCUT2D eigenvalue weighted by Crippen LogP contribution is 2.28. The summed E-state index contributed by atoms with van der Waals surface area (Å²) in [7, 11) is 1.44. The standard InChI is InChI=1S/C20H21F3O4/c1-4-27-19(25)12-15-8-9-18(26-3)16(11-15)6-5-7-17(20(21,22)23)10-14(2)13-24/h5-11,13H,4,12H2,1-3H3/b6-5+,14-10+,17-7+. The first-order chi connectivity index (χ1) is 12.7. The van der Waals surface area contributed by atoms with Gasteiger partial charge in [0.1, 0.15) is 12.0 Å². The summed E-state index contributed by atoms with van der Waals surface area (Å²) in [6.07, 6.45) is 0.0855. The molecule has 0 bridgehead atoms. The number of halogens is 3. The number of ether oxygens (including phenoxy) is 2. The van der Waals surface area contributed by atoms with E-state index in [0.29, 0.717) is 23.2 Å². The average molecular weight is 382 g/mol. The summed E-state index contributed by atoms with van der Waals surface area (Å²) < 4.78 is 49.2. The molecule has 0 N–H and O–H groups in total. The van der Waals surface area contributed by atoms with Crippen LogP contribution in [0.1, 0.15) is 25.0 Å². The van der Waals surface area contributed by atoms with Gasteiger partial charge < -0.3 is 9.47 Å². The third kappa shape index (κ3) is 7.52. The van der Waals surface area contributed by atoms with Gasteiger partial charge in [-0.15, -0.1) is 0 Å². The summed E-state index contributed by atoms with van der Waals surface area (Å²) in [5, 5.41) is 0. The van der Waals surface area contributed by atoms with Gasteiger partial charge in [0.25, 0.3) is 0 Å². The van der Waals surface area contributed by atoms with E-state index in [-0.39, 0.29) is 18.6 Å². The molecule has 1 aromatic rings. The van der Waals surface area contributed by atoms with Crippen molar-refractivity contribution in [2.45, 2.75) is 26.4 Å². The number of methoxy groups -OCH3 is 1. The maximum absolute atomic E-state index is 13.0. The predicted octanol–water partition coefficient (Wildman–Crippen LogP) is 4.45. The van der Waals surface area contributed by atoms with E-state index in [9.17, 15) is 22.8 Å². The summed E-state index contributed by atoms with van der Waals surface area (Å²) in [6, 6.07) is 4.94. The van der Waals surface area contributed by atoms with Gasteiger partial charge in [-0.05, 0) is 49.3 Å². The quantitative estimate of drug-likeness (QED) is 0.289. The zero-order chi connectivity index (χ0) is 20.4. The van der Waals surface area contributed by atoms with E-state index in [1.54, 1.807) is 25.1 Å². The lowest BCUT2D eigenvalue weighted by Gasteiger charge is -2.08. The van der Waals surface area contributed by atoms with Crippen LogP contribution in [0.3, 0.4) is 0 Å². The Hall–Kier alpha value is -2.83. The molecule has 1 rings (SSSR count). The molecule has 27 heavy (non-hydrogen) atoms. The Morgan fingerprint density at radius 1 is 1.26 bits per heavy atom. The zero-order valence-electron chi connectivity index (χ0n) is 15.3. The van der Waals surface area contributed by atoms with Crippen molar-refractivity contribution in [3.8, 4) is 5.75 Å². The van der Waals surface area contributed by atoms with Crippen LogP contribution in [0, 0.1) is 0 Å². The van der Waals surface area contributed by atoms with Gasteiger partial charge in [-0.2, -0.15) is 13.2 Å². The monoisotopic (exact) mass is 382 g/mol. The Kier molecular flexibility index (Phi) is 8.51. The van der Waals surface area contributed by atoms with Crippen LogP contribution in [0.15, 0.2) is 47.6 Å². The third-order valence-electron chi connectivity index (χ3n) is 3.40. The first-order valence-corrected chi connectivity index (χ1v) is 8.12. The molecule has 0 aromatic heterocycles. The molecular formula is C20H21F3O4. The van der Waals surface area contributed by atoms with Crippen LogP contribution >= 0.6 is 0 Å². The van der Waals surface area contributed by atoms with E-state index >= 15 is 0 Å². The van der Waals surface area contributed by atoms with Crippen LogP contribution in [-0.2, 0) is 20.7 Å². The first kappa shape index (κ1) is 22.2. The Morgan fingerprint density at radius 3 is 2.52 bits per heavy atom. The van der Waals surface area contributed by atoms with Gasteiger partial charge in [0, 0.05) is 5.56 Å². The number of aldehydes is 1. The second-order valence-electron chi connectivity index (χ2n) is 5.54. The van der Waals surface area contributed by atoms with E-state index in [2.05, 4.69) is 0 Å². The molecule has 1 aromatic carbocycles. The SMILES string of the molecule is CCOC(=O)Cc1ccc(OC)c(/C=C/C=C(\C=C(/C)C=O)C(F)(F)F)c1. The molecule has 0 aliphatic carbocycles. The molecule has 0 heterocycles. The first-order valence-electron chi connectivity index (χ1n) is 8.12. The fourth-order valence-corrected chi connectivity index (χ4v) is 2.16. The summed E-state index contributed by atoms with van der Waals surface area (Å²) in [5.74, 6) is 0.0479. The second kappa shape index (κ2) is 10.4. The van der Waals surface area contributed by atoms with Crippen LogP contribution in [0.2, 0.25) is 0 Å². The van der Waals surface area contributed by atoms with Gasteiger partial charge in [0.05, 0.1) is 25.7 Å². The van der Waals surface area contributed by atoms with Gasteiger partial charge >= 0.3 is 12.1 Å². The molecule has 4 nitrogen and oxygen atoms in total. The summed E-state index contributed by atoms with van der Waals surface area (Å²) in [6.45, 7) is 3.25. The number of hydrogen-bond acceptors (Lipinski definition) is 4. The highest BCUT2D eigenvalue weighted by Gasteiger charge is 2.31. The van der Waals surface area contributed by atoms with Gasteiger partial charge in [-0.25, -0.2) is 0 Å². The van der Waals surface area contributed by atoms with Crippen molar-refractivity contribution in [3.05, 3.63) is 58.7 Å². The summed E-state index contributed by atoms with van der Waals surface area (Å²) in [4.78, 5) is 22.2. The van der Waals surface area contributed by atoms with E-state index in [0.717, 1.165) is 12.2 Å². The van der Waals surface area contributed by atoms with Gasteiger partial charge in [-0.3, -0.25) is 9.59 Å². The van der Waals surface area contributed by atoms with Gasteiger partial charge in [-0.1, -0.05) is 18.2 Å². The predicted molar refractivity (Wildman–Crippen MR) is 96.3 cm³/mol. The molecule has 0 unspecified atom stereocenters. The van der Waals surface area contributed by atoms with E-state index in [1.165, 1.54) is 26.2 Å². The smallest absolute Gasteiger partial charge is 0.416 e. The number of carbonyl (C=O) groups excluding carboxylic acids is 2. The highest BCUT2D eigenvalue weighted by atomic mass is 19.4. The minimum Gasteiger partial charge on any atom is -0.496 e. The van der Waals surface area contributed by atoms with E-state index in [1.807, 2.05) is 0 Å². The zero-order valence-corrected chi connectivity index (χ0v) is 15.3. The highest BCUT2D eigenvalue weighted by molar-refractivity contribution is 5.74. The molecule has 0 amide bonds. The van der Waals surface area contributed by atoms with Crippen LogP contribution in [-0.4, -0.2) is 32.1 Å². The molecule has 0 spiro atoms. The molecule has 0 saturated heterocycles. The fourth-order valence-electron chi connectivity index (χ4n) is 2.16. The fraction of sp³-hybridized carbons (Fsp3) is 0.300. The lowest BCUT2D eigenvalue weighted by atomic mass is 10.1. The summed E-state index contributed by atoms with van der Waals surface area (Å²) in [5.41, 5.74) is 0.157. The lowest BCUT2D eigenvalue weighted by molar-refractivity contribution is -0.142. The second-order valence-corrected chi connectivity index (χ2v) is 5.54. The maximum Gasteiger partial charge on any atom is 0.416 e. The molecule has 0 aliphatic heterocycles. The molecule has 0 saturated carbocycles. The van der Waals surface area contributed by atoms with E-state index < -0.39 is 17.7 Å². The largest absolute Gasteiger partial charge is 0.496 e. The van der Waals surface area contributed by atoms with E-state index in [4.69, 9.17) is 9.47 Å². The minimum absolute atomic E-state index is 0.0408. The van der Waals surface area contributed by atoms with Gasteiger partial charge in [0.15, 0.2) is 0 Å². The number of allylic oxidation sites excluding steroid dienone is 5. The van der Waals surface area contributed by atoms with Crippen molar-refractivity contribution in [1.29, 1.82) is 0 Å². The van der Waals surface area contributed by atoms with Crippen LogP contribution in [0.5, 0.6) is 5.75 Å². The molecular weight excluding hydrogens is 361 g/mol. The average Bonchev–Trinajstić information content (AvgIpc) is 2.60.